The van der Waals surface area contributed by atoms with E-state index in [1.165, 1.54) is 64.5 Å². The Kier molecular flexibility index (Phi) is 4.63. The molecule has 5 fully saturated rings. The molecule has 160 valence electrons. The number of nitrogens with zero attached hydrogens (tertiary/aromatic N) is 3. The molecule has 0 unspecified atom stereocenters. The lowest BCUT2D eigenvalue weighted by atomic mass is 9.49. The van der Waals surface area contributed by atoms with Crippen molar-refractivity contribution in [1.82, 2.24) is 19.6 Å². The molecule has 2 aromatic rings. The van der Waals surface area contributed by atoms with Crippen LogP contribution in [-0.2, 0) is 6.42 Å². The molecule has 2 aromatic heterocycles. The highest BCUT2D eigenvalue weighted by Crippen LogP contribution is 2.59. The summed E-state index contributed by atoms with van der Waals surface area (Å²) in [5.74, 6) is 2.81. The van der Waals surface area contributed by atoms with Gasteiger partial charge >= 0.3 is 0 Å². The Hall–Kier alpha value is -1.88. The first-order valence-electron chi connectivity index (χ1n) is 12.1. The van der Waals surface area contributed by atoms with E-state index in [2.05, 4.69) is 16.4 Å². The molecule has 4 saturated carbocycles. The maximum atomic E-state index is 13.2. The molecule has 1 N–H and O–H groups in total. The Labute approximate surface area is 179 Å². The van der Waals surface area contributed by atoms with E-state index >= 15 is 0 Å². The number of hydrogen-bond acceptors (Lipinski definition) is 3. The Morgan fingerprint density at radius 1 is 1.07 bits per heavy atom. The number of nitrogens with one attached hydrogen (secondary N) is 1. The average molecular weight is 407 g/mol. The number of hydrogen-bond donors (Lipinski definition) is 1. The van der Waals surface area contributed by atoms with Crippen LogP contribution in [0.15, 0.2) is 24.4 Å². The standard InChI is InChI=1S/C25H34N4O/c30-24(26-17-25-13-18-10-19(14-25)12-20(11-18)15-25)22-4-3-5-23-27-21(16-29(22)23)6-9-28-7-1-2-8-28/h3-5,16,18-20H,1-2,6-15,17H2,(H,26,30). The van der Waals surface area contributed by atoms with Crippen LogP contribution in [0.4, 0.5) is 0 Å². The first kappa shape index (κ1) is 18.9. The highest BCUT2D eigenvalue weighted by Gasteiger charge is 2.50. The maximum Gasteiger partial charge on any atom is 0.268 e. The van der Waals surface area contributed by atoms with Crippen molar-refractivity contribution in [2.45, 2.75) is 57.8 Å². The van der Waals surface area contributed by atoms with Crippen LogP contribution in [0.3, 0.4) is 0 Å². The van der Waals surface area contributed by atoms with Gasteiger partial charge in [-0.1, -0.05) is 6.07 Å². The van der Waals surface area contributed by atoms with E-state index in [4.69, 9.17) is 4.98 Å². The molecule has 3 heterocycles. The van der Waals surface area contributed by atoms with Crippen LogP contribution >= 0.6 is 0 Å². The smallest absolute Gasteiger partial charge is 0.268 e. The molecule has 7 rings (SSSR count). The fraction of sp³-hybridized carbons (Fsp3) is 0.680. The highest BCUT2D eigenvalue weighted by atomic mass is 16.1. The molecule has 0 aromatic carbocycles. The van der Waals surface area contributed by atoms with Crippen molar-refractivity contribution in [3.05, 3.63) is 35.8 Å². The zero-order valence-corrected chi connectivity index (χ0v) is 18.0. The van der Waals surface area contributed by atoms with Gasteiger partial charge in [-0.3, -0.25) is 9.20 Å². The van der Waals surface area contributed by atoms with E-state index in [1.807, 2.05) is 22.6 Å². The number of carbonyl (C=O) groups excluding carboxylic acids is 1. The zero-order valence-electron chi connectivity index (χ0n) is 18.0. The lowest BCUT2D eigenvalue weighted by Gasteiger charge is -2.56. The monoisotopic (exact) mass is 406 g/mol. The van der Waals surface area contributed by atoms with Gasteiger partial charge in [0.2, 0.25) is 0 Å². The molecule has 0 radical (unpaired) electrons. The predicted molar refractivity (Wildman–Crippen MR) is 118 cm³/mol. The highest BCUT2D eigenvalue weighted by molar-refractivity contribution is 5.93. The molecular weight excluding hydrogens is 372 g/mol. The Morgan fingerprint density at radius 3 is 2.47 bits per heavy atom. The first-order chi connectivity index (χ1) is 14.7. The van der Waals surface area contributed by atoms with Gasteiger partial charge < -0.3 is 10.2 Å². The molecule has 4 aliphatic carbocycles. The van der Waals surface area contributed by atoms with Crippen molar-refractivity contribution in [3.63, 3.8) is 0 Å². The second kappa shape index (κ2) is 7.37. The summed E-state index contributed by atoms with van der Waals surface area (Å²) in [7, 11) is 0. The summed E-state index contributed by atoms with van der Waals surface area (Å²) in [6, 6.07) is 5.91. The van der Waals surface area contributed by atoms with Crippen LogP contribution < -0.4 is 5.32 Å². The zero-order chi connectivity index (χ0) is 20.1. The minimum Gasteiger partial charge on any atom is -0.350 e. The molecule has 4 bridgehead atoms. The summed E-state index contributed by atoms with van der Waals surface area (Å²) >= 11 is 0. The lowest BCUT2D eigenvalue weighted by molar-refractivity contribution is -0.0503. The normalized spacial score (nSPS) is 32.9. The van der Waals surface area contributed by atoms with Gasteiger partial charge in [-0.25, -0.2) is 4.98 Å². The third-order valence-corrected chi connectivity index (χ3v) is 8.45. The van der Waals surface area contributed by atoms with Crippen molar-refractivity contribution in [3.8, 4) is 0 Å². The fourth-order valence-corrected chi connectivity index (χ4v) is 7.51. The van der Waals surface area contributed by atoms with Crippen molar-refractivity contribution in [2.75, 3.05) is 26.2 Å². The molecule has 5 heteroatoms. The minimum absolute atomic E-state index is 0.0554. The molecule has 5 aliphatic rings. The first-order valence-corrected chi connectivity index (χ1v) is 12.1. The van der Waals surface area contributed by atoms with Crippen molar-refractivity contribution in [2.24, 2.45) is 23.2 Å². The van der Waals surface area contributed by atoms with Crippen LogP contribution in [-0.4, -0.2) is 46.4 Å². The second-order valence-electron chi connectivity index (χ2n) is 10.8. The number of likely N-dealkylation sites (tertiary alicyclic amines) is 1. The van der Waals surface area contributed by atoms with Gasteiger partial charge in [0.15, 0.2) is 0 Å². The summed E-state index contributed by atoms with van der Waals surface area (Å²) in [4.78, 5) is 20.5. The lowest BCUT2D eigenvalue weighted by Crippen LogP contribution is -2.51. The molecular formula is C25H34N4O. The Bertz CT molecular complexity index is 906. The second-order valence-corrected chi connectivity index (χ2v) is 10.8. The van der Waals surface area contributed by atoms with Crippen LogP contribution in [0.5, 0.6) is 0 Å². The largest absolute Gasteiger partial charge is 0.350 e. The topological polar surface area (TPSA) is 49.6 Å². The van der Waals surface area contributed by atoms with E-state index < -0.39 is 0 Å². The summed E-state index contributed by atoms with van der Waals surface area (Å²) in [5, 5.41) is 3.34. The van der Waals surface area contributed by atoms with Gasteiger partial charge in [0.25, 0.3) is 5.91 Å². The number of pyridine rings is 1. The third kappa shape index (κ3) is 3.45. The van der Waals surface area contributed by atoms with Crippen LogP contribution in [0.1, 0.15) is 67.5 Å². The SMILES string of the molecule is O=C(NCC12CC3CC(CC(C3)C1)C2)c1cccc2nc(CCN3CCCC3)cn12. The number of rotatable bonds is 6. The molecule has 0 atom stereocenters. The van der Waals surface area contributed by atoms with Gasteiger partial charge in [-0.15, -0.1) is 0 Å². The van der Waals surface area contributed by atoms with Gasteiger partial charge in [-0.05, 0) is 99.8 Å². The van der Waals surface area contributed by atoms with Crippen LogP contribution in [0.25, 0.3) is 5.65 Å². The van der Waals surface area contributed by atoms with E-state index in [-0.39, 0.29) is 5.91 Å². The summed E-state index contributed by atoms with van der Waals surface area (Å²) in [5.41, 5.74) is 3.06. The van der Waals surface area contributed by atoms with E-state index in [9.17, 15) is 4.79 Å². The van der Waals surface area contributed by atoms with Crippen molar-refractivity contribution < 1.29 is 4.79 Å². The molecule has 1 aliphatic heterocycles. The summed E-state index contributed by atoms with van der Waals surface area (Å²) < 4.78 is 1.99. The molecule has 1 amide bonds. The average Bonchev–Trinajstić information content (AvgIpc) is 3.38. The van der Waals surface area contributed by atoms with Gasteiger partial charge in [0.1, 0.15) is 11.3 Å². The van der Waals surface area contributed by atoms with Crippen molar-refractivity contribution >= 4 is 11.6 Å². The Balaban J connectivity index is 1.15. The fourth-order valence-electron chi connectivity index (χ4n) is 7.51. The summed E-state index contributed by atoms with van der Waals surface area (Å²) in [6.07, 6.45) is 14.0. The number of aromatic nitrogens is 2. The van der Waals surface area contributed by atoms with Crippen LogP contribution in [0.2, 0.25) is 0 Å². The predicted octanol–water partition coefficient (Wildman–Crippen LogP) is 3.92. The number of carbonyl (C=O) groups is 1. The van der Waals surface area contributed by atoms with E-state index in [1.54, 1.807) is 0 Å². The van der Waals surface area contributed by atoms with Crippen LogP contribution in [0, 0.1) is 23.2 Å². The maximum absolute atomic E-state index is 13.2. The molecule has 1 saturated heterocycles. The molecule has 0 spiro atoms. The Morgan fingerprint density at radius 2 is 1.77 bits per heavy atom. The van der Waals surface area contributed by atoms with Gasteiger partial charge in [0, 0.05) is 25.7 Å². The van der Waals surface area contributed by atoms with Crippen molar-refractivity contribution in [1.29, 1.82) is 0 Å². The quantitative estimate of drug-likeness (QED) is 0.791. The molecule has 30 heavy (non-hydrogen) atoms. The van der Waals surface area contributed by atoms with E-state index in [0.29, 0.717) is 5.41 Å². The number of amides is 1. The molecule has 5 nitrogen and oxygen atoms in total. The van der Waals surface area contributed by atoms with Gasteiger partial charge in [0.05, 0.1) is 5.69 Å². The number of fused-ring (bicyclic) bond motifs is 1. The number of imidazole rings is 1. The summed E-state index contributed by atoms with van der Waals surface area (Å²) in [6.45, 7) is 4.34. The third-order valence-electron chi connectivity index (χ3n) is 8.45. The van der Waals surface area contributed by atoms with Gasteiger partial charge in [-0.2, -0.15) is 0 Å². The van der Waals surface area contributed by atoms with E-state index in [0.717, 1.165) is 54.3 Å². The minimum atomic E-state index is 0.0554.